The lowest BCUT2D eigenvalue weighted by molar-refractivity contribution is -0.684. The van der Waals surface area contributed by atoms with Crippen molar-refractivity contribution in [2.75, 3.05) is 0 Å². The summed E-state index contributed by atoms with van der Waals surface area (Å²) in [5.41, 5.74) is 0.509. The van der Waals surface area contributed by atoms with Crippen LogP contribution in [0, 0.1) is 0 Å². The van der Waals surface area contributed by atoms with Crippen molar-refractivity contribution in [2.45, 2.75) is 0 Å². The standard InChI is InChI=1S/C16H8N2O8/c19-13-9-5-1-2-6-10(9)14(20)17(13)23-25-26-24-18-15(21)11-7-3-4-8-12(11)16(18)22/h1-8H. The first kappa shape index (κ1) is 16.1. The van der Waals surface area contributed by atoms with E-state index in [1.807, 2.05) is 0 Å². The van der Waals surface area contributed by atoms with Crippen LogP contribution in [0.4, 0.5) is 0 Å². The maximum absolute atomic E-state index is 12.0. The van der Waals surface area contributed by atoms with Gasteiger partial charge in [0, 0.05) is 0 Å². The molecule has 10 nitrogen and oxygen atoms in total. The van der Waals surface area contributed by atoms with Crippen LogP contribution in [0.5, 0.6) is 0 Å². The minimum atomic E-state index is -0.769. The Bertz CT molecular complexity index is 809. The fourth-order valence-electron chi connectivity index (χ4n) is 2.56. The number of amides is 4. The van der Waals surface area contributed by atoms with Crippen LogP contribution in [0.15, 0.2) is 48.5 Å². The highest BCUT2D eigenvalue weighted by Crippen LogP contribution is 2.24. The number of fused-ring (bicyclic) bond motifs is 2. The summed E-state index contributed by atoms with van der Waals surface area (Å²) in [4.78, 5) is 56.9. The van der Waals surface area contributed by atoms with Crippen molar-refractivity contribution in [3.05, 3.63) is 70.8 Å². The van der Waals surface area contributed by atoms with Gasteiger partial charge >= 0.3 is 0 Å². The Kier molecular flexibility index (Phi) is 3.78. The SMILES string of the molecule is O=C1c2ccccc2C(=O)N1OOOON1C(=O)c2ccccc2C1=O. The van der Waals surface area contributed by atoms with Gasteiger partial charge in [0.1, 0.15) is 0 Å². The van der Waals surface area contributed by atoms with Crippen LogP contribution >= 0.6 is 0 Å². The summed E-state index contributed by atoms with van der Waals surface area (Å²) < 4.78 is 0. The van der Waals surface area contributed by atoms with E-state index < -0.39 is 23.6 Å². The highest BCUT2D eigenvalue weighted by atomic mass is 17.7. The third kappa shape index (κ3) is 2.37. The zero-order valence-electron chi connectivity index (χ0n) is 12.8. The monoisotopic (exact) mass is 356 g/mol. The van der Waals surface area contributed by atoms with E-state index in [-0.39, 0.29) is 22.3 Å². The van der Waals surface area contributed by atoms with Crippen LogP contribution in [0.1, 0.15) is 41.4 Å². The molecule has 2 heterocycles. The minimum Gasteiger partial charge on any atom is -0.266 e. The number of rotatable bonds is 5. The Labute approximate surface area is 144 Å². The molecule has 0 spiro atoms. The van der Waals surface area contributed by atoms with Gasteiger partial charge in [-0.1, -0.05) is 34.2 Å². The van der Waals surface area contributed by atoms with E-state index in [0.29, 0.717) is 10.1 Å². The fraction of sp³-hybridized carbons (Fsp3) is 0. The lowest BCUT2D eigenvalue weighted by atomic mass is 10.1. The molecule has 0 atom stereocenters. The molecule has 4 amide bonds. The zero-order chi connectivity index (χ0) is 18.3. The third-order valence-corrected chi connectivity index (χ3v) is 3.75. The fourth-order valence-corrected chi connectivity index (χ4v) is 2.56. The van der Waals surface area contributed by atoms with Crippen molar-refractivity contribution >= 4 is 23.6 Å². The Morgan fingerprint density at radius 1 is 0.500 bits per heavy atom. The molecule has 0 radical (unpaired) electrons. The van der Waals surface area contributed by atoms with E-state index >= 15 is 0 Å². The first-order valence-corrected chi connectivity index (χ1v) is 7.23. The topological polar surface area (TPSA) is 112 Å². The molecule has 0 fully saturated rings. The summed E-state index contributed by atoms with van der Waals surface area (Å²) in [5, 5.41) is 8.93. The van der Waals surface area contributed by atoms with Gasteiger partial charge in [-0.25, -0.2) is 0 Å². The summed E-state index contributed by atoms with van der Waals surface area (Å²) in [6, 6.07) is 12.1. The predicted molar refractivity (Wildman–Crippen MR) is 78.2 cm³/mol. The maximum Gasteiger partial charge on any atom is 0.288 e. The van der Waals surface area contributed by atoms with Crippen molar-refractivity contribution in [3.8, 4) is 0 Å². The van der Waals surface area contributed by atoms with Crippen LogP contribution in [-0.4, -0.2) is 33.8 Å². The molecule has 0 saturated carbocycles. The number of imide groups is 2. The number of nitrogens with zero attached hydrogens (tertiary/aromatic N) is 2. The molecule has 130 valence electrons. The molecule has 26 heavy (non-hydrogen) atoms. The molecular formula is C16H8N2O8. The van der Waals surface area contributed by atoms with E-state index in [4.69, 9.17) is 0 Å². The van der Waals surface area contributed by atoms with Gasteiger partial charge in [-0.15, -0.1) is 10.1 Å². The van der Waals surface area contributed by atoms with Gasteiger partial charge in [-0.05, 0) is 34.3 Å². The number of benzene rings is 2. The molecule has 4 rings (SSSR count). The summed E-state index contributed by atoms with van der Waals surface area (Å²) in [5.74, 6) is -3.07. The van der Waals surface area contributed by atoms with E-state index in [0.717, 1.165) is 0 Å². The summed E-state index contributed by atoms with van der Waals surface area (Å²) >= 11 is 0. The molecule has 2 aliphatic rings. The van der Waals surface area contributed by atoms with Gasteiger partial charge < -0.3 is 0 Å². The maximum atomic E-state index is 12.0. The number of hydroxylamine groups is 4. The third-order valence-electron chi connectivity index (χ3n) is 3.75. The molecule has 0 N–H and O–H groups in total. The Morgan fingerprint density at radius 3 is 1.04 bits per heavy atom. The molecule has 10 heteroatoms. The Hall–Kier alpha value is -3.44. The second-order valence-corrected chi connectivity index (χ2v) is 5.19. The summed E-state index contributed by atoms with van der Waals surface area (Å²) in [7, 11) is 0. The smallest absolute Gasteiger partial charge is 0.266 e. The van der Waals surface area contributed by atoms with Crippen LogP contribution in [0.3, 0.4) is 0 Å². The molecule has 2 aromatic carbocycles. The number of hydrogen-bond acceptors (Lipinski definition) is 8. The lowest BCUT2D eigenvalue weighted by Crippen LogP contribution is -2.33. The van der Waals surface area contributed by atoms with Crippen LogP contribution in [0.2, 0.25) is 0 Å². The average molecular weight is 356 g/mol. The lowest BCUT2D eigenvalue weighted by Gasteiger charge is -2.12. The molecule has 2 aliphatic heterocycles. The van der Waals surface area contributed by atoms with Gasteiger partial charge in [0.25, 0.3) is 23.6 Å². The first-order chi connectivity index (χ1) is 12.6. The highest BCUT2D eigenvalue weighted by Gasteiger charge is 2.39. The summed E-state index contributed by atoms with van der Waals surface area (Å²) in [6.07, 6.45) is 0. The average Bonchev–Trinajstić information content (AvgIpc) is 3.06. The molecule has 0 aromatic heterocycles. The molecule has 0 bridgehead atoms. The number of carbonyl (C=O) groups is 4. The second kappa shape index (κ2) is 6.13. The quantitative estimate of drug-likeness (QED) is 0.340. The number of hydrogen-bond donors (Lipinski definition) is 0. The molecule has 0 aliphatic carbocycles. The normalized spacial score (nSPS) is 15.7. The van der Waals surface area contributed by atoms with Crippen molar-refractivity contribution < 1.29 is 39.2 Å². The molecule has 0 saturated heterocycles. The van der Waals surface area contributed by atoms with Gasteiger partial charge in [0.05, 0.1) is 22.3 Å². The first-order valence-electron chi connectivity index (χ1n) is 7.23. The van der Waals surface area contributed by atoms with Crippen molar-refractivity contribution in [2.24, 2.45) is 0 Å². The Morgan fingerprint density at radius 2 is 0.769 bits per heavy atom. The van der Waals surface area contributed by atoms with E-state index in [2.05, 4.69) is 20.1 Å². The van der Waals surface area contributed by atoms with Gasteiger partial charge in [0.2, 0.25) is 0 Å². The van der Waals surface area contributed by atoms with E-state index in [1.165, 1.54) is 24.3 Å². The molecule has 0 unspecified atom stereocenters. The molecule has 2 aromatic rings. The minimum absolute atomic E-state index is 0.127. The van der Waals surface area contributed by atoms with Gasteiger partial charge in [-0.2, -0.15) is 0 Å². The van der Waals surface area contributed by atoms with E-state index in [1.54, 1.807) is 24.3 Å². The zero-order valence-corrected chi connectivity index (χ0v) is 12.8. The van der Waals surface area contributed by atoms with Crippen molar-refractivity contribution in [1.82, 2.24) is 10.1 Å². The van der Waals surface area contributed by atoms with Crippen LogP contribution in [0.25, 0.3) is 0 Å². The second-order valence-electron chi connectivity index (χ2n) is 5.19. The Balaban J connectivity index is 1.35. The highest BCUT2D eigenvalue weighted by molar-refractivity contribution is 6.21. The van der Waals surface area contributed by atoms with Crippen molar-refractivity contribution in [1.29, 1.82) is 0 Å². The largest absolute Gasteiger partial charge is 0.288 e. The molecular weight excluding hydrogens is 348 g/mol. The van der Waals surface area contributed by atoms with Crippen LogP contribution < -0.4 is 0 Å². The summed E-state index contributed by atoms with van der Waals surface area (Å²) in [6.45, 7) is 0. The van der Waals surface area contributed by atoms with Gasteiger partial charge in [-0.3, -0.25) is 19.2 Å². The predicted octanol–water partition coefficient (Wildman–Crippen LogP) is 1.22. The van der Waals surface area contributed by atoms with Crippen LogP contribution in [-0.2, 0) is 20.1 Å². The van der Waals surface area contributed by atoms with E-state index in [9.17, 15) is 19.2 Å². The van der Waals surface area contributed by atoms with Gasteiger partial charge in [0.15, 0.2) is 0 Å². The number of carbonyl (C=O) groups excluding carboxylic acids is 4. The van der Waals surface area contributed by atoms with Crippen molar-refractivity contribution in [3.63, 3.8) is 0 Å².